The molecule has 0 amide bonds. The van der Waals surface area contributed by atoms with Gasteiger partial charge in [-0.05, 0) is 25.9 Å². The third-order valence-electron chi connectivity index (χ3n) is 1.84. The molecular weight excluding hydrogens is 126 g/mol. The zero-order valence-corrected chi connectivity index (χ0v) is 6.47. The average molecular weight is 143 g/mol. The molecule has 0 aromatic carbocycles. The first kappa shape index (κ1) is 7.98. The molecule has 1 rings (SSSR count). The third kappa shape index (κ3) is 2.64. The van der Waals surface area contributed by atoms with Crippen LogP contribution >= 0.6 is 0 Å². The van der Waals surface area contributed by atoms with Crippen LogP contribution in [0.5, 0.6) is 0 Å². The van der Waals surface area contributed by atoms with Gasteiger partial charge in [0.1, 0.15) is 0 Å². The van der Waals surface area contributed by atoms with Crippen molar-refractivity contribution >= 4 is 0 Å². The summed E-state index contributed by atoms with van der Waals surface area (Å²) < 4.78 is 0. The summed E-state index contributed by atoms with van der Waals surface area (Å²) in [5.41, 5.74) is 5.40. The van der Waals surface area contributed by atoms with Crippen molar-refractivity contribution in [1.82, 2.24) is 10.2 Å². The van der Waals surface area contributed by atoms with Gasteiger partial charge in [0.25, 0.3) is 0 Å². The first-order valence-corrected chi connectivity index (χ1v) is 4.06. The summed E-state index contributed by atoms with van der Waals surface area (Å²) in [5.74, 6) is 0. The maximum Gasteiger partial charge on any atom is 0.0480 e. The lowest BCUT2D eigenvalue weighted by molar-refractivity contribution is 0.214. The van der Waals surface area contributed by atoms with Crippen molar-refractivity contribution < 1.29 is 0 Å². The predicted octanol–water partition coefficient (Wildman–Crippen LogP) is -0.412. The summed E-state index contributed by atoms with van der Waals surface area (Å²) in [6, 6.07) is 0. The second-order valence-electron chi connectivity index (χ2n) is 2.77. The molecule has 1 heterocycles. The number of hydrogen-bond donors (Lipinski definition) is 2. The van der Waals surface area contributed by atoms with E-state index in [1.807, 2.05) is 0 Å². The molecule has 0 bridgehead atoms. The van der Waals surface area contributed by atoms with E-state index in [0.29, 0.717) is 0 Å². The van der Waals surface area contributed by atoms with Gasteiger partial charge in [0, 0.05) is 19.8 Å². The lowest BCUT2D eigenvalue weighted by Crippen LogP contribution is -2.42. The fraction of sp³-hybridized carbons (Fsp3) is 1.00. The van der Waals surface area contributed by atoms with E-state index < -0.39 is 0 Å². The van der Waals surface area contributed by atoms with Crippen LogP contribution in [0.15, 0.2) is 0 Å². The summed E-state index contributed by atoms with van der Waals surface area (Å²) in [5, 5.41) is 3.33. The minimum atomic E-state index is 0.816. The molecule has 3 N–H and O–H groups in total. The smallest absolute Gasteiger partial charge is 0.0480 e. The molecule has 3 heteroatoms. The van der Waals surface area contributed by atoms with Crippen LogP contribution in [0, 0.1) is 0 Å². The molecule has 1 saturated heterocycles. The van der Waals surface area contributed by atoms with Crippen LogP contribution in [-0.2, 0) is 0 Å². The number of hydrogen-bond acceptors (Lipinski definition) is 3. The van der Waals surface area contributed by atoms with Crippen LogP contribution < -0.4 is 11.1 Å². The van der Waals surface area contributed by atoms with Gasteiger partial charge in [0.15, 0.2) is 0 Å². The highest BCUT2D eigenvalue weighted by Gasteiger charge is 2.06. The topological polar surface area (TPSA) is 41.3 Å². The molecule has 0 atom stereocenters. The zero-order valence-electron chi connectivity index (χ0n) is 6.47. The quantitative estimate of drug-likeness (QED) is 0.564. The van der Waals surface area contributed by atoms with Crippen LogP contribution in [0.4, 0.5) is 0 Å². The Labute approximate surface area is 62.6 Å². The third-order valence-corrected chi connectivity index (χ3v) is 1.84. The maximum atomic E-state index is 5.40. The highest BCUT2D eigenvalue weighted by molar-refractivity contribution is 4.63. The van der Waals surface area contributed by atoms with Gasteiger partial charge in [0.2, 0.25) is 0 Å². The van der Waals surface area contributed by atoms with Gasteiger partial charge >= 0.3 is 0 Å². The normalized spacial score (nSPS) is 21.3. The van der Waals surface area contributed by atoms with E-state index in [9.17, 15) is 0 Å². The molecule has 0 aromatic heterocycles. The molecule has 10 heavy (non-hydrogen) atoms. The molecule has 3 nitrogen and oxygen atoms in total. The molecule has 0 radical (unpaired) electrons. The van der Waals surface area contributed by atoms with E-state index in [-0.39, 0.29) is 0 Å². The van der Waals surface area contributed by atoms with Crippen molar-refractivity contribution in [2.75, 3.05) is 32.8 Å². The van der Waals surface area contributed by atoms with E-state index in [2.05, 4.69) is 10.2 Å². The van der Waals surface area contributed by atoms with Crippen LogP contribution in [-0.4, -0.2) is 37.7 Å². The summed E-state index contributed by atoms with van der Waals surface area (Å²) in [6.07, 6.45) is 2.41. The van der Waals surface area contributed by atoms with Gasteiger partial charge in [-0.15, -0.1) is 0 Å². The minimum absolute atomic E-state index is 0.816. The summed E-state index contributed by atoms with van der Waals surface area (Å²) in [7, 11) is 0. The monoisotopic (exact) mass is 143 g/mol. The Balaban J connectivity index is 2.02. The Morgan fingerprint density at radius 1 is 1.50 bits per heavy atom. The van der Waals surface area contributed by atoms with Crippen molar-refractivity contribution in [3.8, 4) is 0 Å². The van der Waals surface area contributed by atoms with Crippen molar-refractivity contribution in [3.63, 3.8) is 0 Å². The van der Waals surface area contributed by atoms with Crippen LogP contribution in [0.3, 0.4) is 0 Å². The highest BCUT2D eigenvalue weighted by atomic mass is 15.2. The zero-order chi connectivity index (χ0) is 7.23. The van der Waals surface area contributed by atoms with Gasteiger partial charge < -0.3 is 11.1 Å². The minimum Gasteiger partial charge on any atom is -0.330 e. The lowest BCUT2D eigenvalue weighted by atomic mass is 10.3. The molecule has 1 aliphatic heterocycles. The molecule has 0 spiro atoms. The molecule has 1 aliphatic rings. The Morgan fingerprint density at radius 2 is 2.40 bits per heavy atom. The number of nitrogens with zero attached hydrogens (tertiary/aromatic N) is 1. The van der Waals surface area contributed by atoms with Crippen LogP contribution in [0.2, 0.25) is 0 Å². The molecule has 0 aromatic rings. The maximum absolute atomic E-state index is 5.40. The Morgan fingerprint density at radius 3 is 3.00 bits per heavy atom. The van der Waals surface area contributed by atoms with Gasteiger partial charge in [0.05, 0.1) is 0 Å². The highest BCUT2D eigenvalue weighted by Crippen LogP contribution is 1.95. The standard InChI is InChI=1S/C7H17N3/c8-3-1-5-10-6-2-4-9-7-10/h9H,1-8H2. The summed E-state index contributed by atoms with van der Waals surface area (Å²) in [4.78, 5) is 2.41. The molecular formula is C7H17N3. The summed E-state index contributed by atoms with van der Waals surface area (Å²) in [6.45, 7) is 5.45. The fourth-order valence-corrected chi connectivity index (χ4v) is 1.25. The molecule has 0 saturated carbocycles. The summed E-state index contributed by atoms with van der Waals surface area (Å²) >= 11 is 0. The number of nitrogens with one attached hydrogen (secondary N) is 1. The SMILES string of the molecule is NCCCN1CCCNC1. The predicted molar refractivity (Wildman–Crippen MR) is 42.7 cm³/mol. The van der Waals surface area contributed by atoms with E-state index >= 15 is 0 Å². The largest absolute Gasteiger partial charge is 0.330 e. The second-order valence-corrected chi connectivity index (χ2v) is 2.77. The van der Waals surface area contributed by atoms with E-state index in [1.165, 1.54) is 19.5 Å². The Hall–Kier alpha value is -0.120. The molecule has 0 aliphatic carbocycles. The average Bonchev–Trinajstić information content (AvgIpc) is 2.03. The van der Waals surface area contributed by atoms with Gasteiger partial charge in [-0.25, -0.2) is 0 Å². The first-order valence-electron chi connectivity index (χ1n) is 4.06. The van der Waals surface area contributed by atoms with E-state index in [1.54, 1.807) is 0 Å². The van der Waals surface area contributed by atoms with Crippen molar-refractivity contribution in [3.05, 3.63) is 0 Å². The number of nitrogens with two attached hydrogens (primary N) is 1. The van der Waals surface area contributed by atoms with E-state index in [4.69, 9.17) is 5.73 Å². The van der Waals surface area contributed by atoms with Crippen molar-refractivity contribution in [2.24, 2.45) is 5.73 Å². The fourth-order valence-electron chi connectivity index (χ4n) is 1.25. The van der Waals surface area contributed by atoms with Gasteiger partial charge in [-0.2, -0.15) is 0 Å². The number of rotatable bonds is 3. The molecule has 0 unspecified atom stereocenters. The Kier molecular flexibility index (Phi) is 3.72. The van der Waals surface area contributed by atoms with Crippen LogP contribution in [0.1, 0.15) is 12.8 Å². The van der Waals surface area contributed by atoms with E-state index in [0.717, 1.165) is 26.2 Å². The lowest BCUT2D eigenvalue weighted by Gasteiger charge is -2.26. The molecule has 1 fully saturated rings. The van der Waals surface area contributed by atoms with Gasteiger partial charge in [-0.1, -0.05) is 0 Å². The van der Waals surface area contributed by atoms with Gasteiger partial charge in [-0.3, -0.25) is 4.90 Å². The van der Waals surface area contributed by atoms with Crippen molar-refractivity contribution in [1.29, 1.82) is 0 Å². The molecule has 60 valence electrons. The van der Waals surface area contributed by atoms with Crippen LogP contribution in [0.25, 0.3) is 0 Å². The van der Waals surface area contributed by atoms with Crippen molar-refractivity contribution in [2.45, 2.75) is 12.8 Å². The second kappa shape index (κ2) is 4.66. The first-order chi connectivity index (χ1) is 4.93. The Bertz CT molecular complexity index is 78.9.